The predicted molar refractivity (Wildman–Crippen MR) is 207 cm³/mol. The van der Waals surface area contributed by atoms with Crippen LogP contribution >= 0.6 is 0 Å². The number of allylic oxidation sites excluding steroid dienone is 2. The Balaban J connectivity index is 0.928. The number of amides is 5. The van der Waals surface area contributed by atoms with E-state index in [9.17, 15) is 24.0 Å². The lowest BCUT2D eigenvalue weighted by Crippen LogP contribution is -2.51. The number of aromatic nitrogens is 1. The van der Waals surface area contributed by atoms with Crippen LogP contribution in [0.3, 0.4) is 0 Å². The van der Waals surface area contributed by atoms with Crippen LogP contribution in [-0.4, -0.2) is 77.7 Å². The molecule has 3 aliphatic rings. The van der Waals surface area contributed by atoms with Gasteiger partial charge < -0.3 is 25.0 Å². The van der Waals surface area contributed by atoms with Gasteiger partial charge in [0.2, 0.25) is 11.8 Å². The molecule has 0 spiro atoms. The zero-order chi connectivity index (χ0) is 38.9. The Morgan fingerprint density at radius 2 is 1.78 bits per heavy atom. The first-order valence-electron chi connectivity index (χ1n) is 19.1. The van der Waals surface area contributed by atoms with Crippen molar-refractivity contribution in [3.63, 3.8) is 0 Å². The van der Waals surface area contributed by atoms with Gasteiger partial charge in [0.1, 0.15) is 23.2 Å². The second kappa shape index (κ2) is 18.0. The van der Waals surface area contributed by atoms with Crippen LogP contribution in [0.25, 0.3) is 6.08 Å². The lowest BCUT2D eigenvalue weighted by Gasteiger charge is -2.29. The maximum absolute atomic E-state index is 13.1. The van der Waals surface area contributed by atoms with Gasteiger partial charge in [-0.25, -0.2) is 4.98 Å². The highest BCUT2D eigenvalue weighted by atomic mass is 16.5. The summed E-state index contributed by atoms with van der Waals surface area (Å²) in [5.41, 5.74) is 3.91. The van der Waals surface area contributed by atoms with E-state index in [1.807, 2.05) is 30.3 Å². The number of rotatable bonds is 15. The molecule has 288 valence electrons. The molecule has 1 unspecified atom stereocenters. The minimum absolute atomic E-state index is 0.0272. The number of ether oxygens (including phenoxy) is 2. The van der Waals surface area contributed by atoms with Gasteiger partial charge in [-0.3, -0.25) is 28.9 Å². The maximum Gasteiger partial charge on any atom is 0.270 e. The van der Waals surface area contributed by atoms with Gasteiger partial charge in [-0.1, -0.05) is 62.3 Å². The molecule has 2 N–H and O–H groups in total. The van der Waals surface area contributed by atoms with Crippen LogP contribution in [0.15, 0.2) is 73.1 Å². The Morgan fingerprint density at radius 3 is 2.56 bits per heavy atom. The summed E-state index contributed by atoms with van der Waals surface area (Å²) in [4.78, 5) is 71.7. The molecule has 2 aromatic carbocycles. The van der Waals surface area contributed by atoms with E-state index < -0.39 is 23.8 Å². The molecule has 2 aliphatic heterocycles. The van der Waals surface area contributed by atoms with E-state index in [1.54, 1.807) is 49.5 Å². The van der Waals surface area contributed by atoms with Crippen LogP contribution in [-0.2, 0) is 22.6 Å². The quantitative estimate of drug-likeness (QED) is 0.145. The Labute approximate surface area is 322 Å². The normalized spacial score (nSPS) is 17.3. The number of methoxy groups -OCH3 is 1. The number of benzene rings is 2. The van der Waals surface area contributed by atoms with Crippen molar-refractivity contribution in [1.82, 2.24) is 25.4 Å². The minimum atomic E-state index is -0.866. The Hall–Kier alpha value is -5.78. The fourth-order valence-corrected chi connectivity index (χ4v) is 7.27. The number of carbonyl (C=O) groups excluding carboxylic acids is 5. The summed E-state index contributed by atoms with van der Waals surface area (Å²) in [6.45, 7) is 4.94. The molecule has 3 aromatic rings. The third-order valence-electron chi connectivity index (χ3n) is 10.5. The van der Waals surface area contributed by atoms with Crippen molar-refractivity contribution in [2.45, 2.75) is 76.8 Å². The Morgan fingerprint density at radius 1 is 1.00 bits per heavy atom. The molecule has 1 atom stereocenters. The summed E-state index contributed by atoms with van der Waals surface area (Å²) < 4.78 is 11.4. The van der Waals surface area contributed by atoms with Gasteiger partial charge >= 0.3 is 0 Å². The van der Waals surface area contributed by atoms with E-state index >= 15 is 0 Å². The molecule has 5 amide bonds. The molecular weight excluding hydrogens is 699 g/mol. The number of fused-ring (bicyclic) bond motifs is 1. The van der Waals surface area contributed by atoms with Gasteiger partial charge in [-0.15, -0.1) is 0 Å². The van der Waals surface area contributed by atoms with Crippen molar-refractivity contribution in [3.8, 4) is 11.5 Å². The summed E-state index contributed by atoms with van der Waals surface area (Å²) in [6.07, 6.45) is 14.4. The standard InChI is InChI=1S/C43H49N5O7/c1-28-14-19-37(41(51)46-28)48-42(52)34-18-17-33(25-35(34)43(48)53)55-21-8-7-20-47(2)39(49)23-30-12-9-13-31(22-30)26-45-40(50)36-24-32(38(54-3)27-44-36)16-15-29-10-5-4-6-11-29/h9,12-13,15-18,22,24-25,27,29,37H,1,4-8,10-11,14,19-21,23,26H2,2-3H3,(H,45,50)(H,46,51)/b16-15+. The van der Waals surface area contributed by atoms with Gasteiger partial charge in [0.05, 0.1) is 37.5 Å². The number of nitrogens with one attached hydrogen (secondary N) is 2. The molecule has 0 radical (unpaired) electrons. The summed E-state index contributed by atoms with van der Waals surface area (Å²) in [7, 11) is 3.37. The van der Waals surface area contributed by atoms with E-state index in [1.165, 1.54) is 32.1 Å². The predicted octanol–water partition coefficient (Wildman–Crippen LogP) is 5.86. The van der Waals surface area contributed by atoms with E-state index in [0.717, 1.165) is 21.6 Å². The molecule has 12 heteroatoms. The molecule has 2 fully saturated rings. The molecule has 1 aliphatic carbocycles. The van der Waals surface area contributed by atoms with E-state index in [-0.39, 0.29) is 29.4 Å². The molecule has 12 nitrogen and oxygen atoms in total. The molecule has 1 saturated heterocycles. The second-order valence-corrected chi connectivity index (χ2v) is 14.5. The maximum atomic E-state index is 13.1. The number of pyridine rings is 1. The fourth-order valence-electron chi connectivity index (χ4n) is 7.27. The number of imide groups is 1. The van der Waals surface area contributed by atoms with Crippen molar-refractivity contribution < 1.29 is 33.4 Å². The number of piperidine rings is 1. The van der Waals surface area contributed by atoms with Crippen LogP contribution in [0.1, 0.15) is 106 Å². The smallest absolute Gasteiger partial charge is 0.270 e. The third-order valence-corrected chi connectivity index (χ3v) is 10.5. The number of hydrogen-bond acceptors (Lipinski definition) is 8. The zero-order valence-electron chi connectivity index (χ0n) is 31.6. The van der Waals surface area contributed by atoms with Crippen molar-refractivity contribution in [2.75, 3.05) is 27.3 Å². The molecule has 1 aromatic heterocycles. The van der Waals surface area contributed by atoms with Crippen LogP contribution in [0, 0.1) is 5.92 Å². The molecule has 1 saturated carbocycles. The van der Waals surface area contributed by atoms with Crippen LogP contribution in [0.2, 0.25) is 0 Å². The fraction of sp³-hybridized carbons (Fsp3) is 0.395. The molecule has 3 heterocycles. The van der Waals surface area contributed by atoms with Gasteiger partial charge in [0.25, 0.3) is 17.7 Å². The lowest BCUT2D eigenvalue weighted by atomic mass is 9.89. The molecule has 6 rings (SSSR count). The average Bonchev–Trinajstić information content (AvgIpc) is 3.44. The monoisotopic (exact) mass is 747 g/mol. The SMILES string of the molecule is C=C1CCC(N2C(=O)c3ccc(OCCCCN(C)C(=O)Cc4cccc(CNC(=O)c5cc(/C=C/C6CCCCC6)c(OC)cn5)c4)cc3C2=O)C(=O)N1. The summed E-state index contributed by atoms with van der Waals surface area (Å²) in [5.74, 6) is -0.0921. The van der Waals surface area contributed by atoms with Crippen molar-refractivity contribution >= 4 is 35.6 Å². The van der Waals surface area contributed by atoms with Crippen molar-refractivity contribution in [3.05, 3.63) is 107 Å². The number of hydrogen-bond donors (Lipinski definition) is 2. The van der Waals surface area contributed by atoms with Crippen LogP contribution in [0.4, 0.5) is 0 Å². The number of unbranched alkanes of at least 4 members (excludes halogenated alkanes) is 1. The number of likely N-dealkylation sites (N-methyl/N-ethyl adjacent to an activating group) is 1. The first kappa shape index (κ1) is 38.9. The third kappa shape index (κ3) is 9.67. The van der Waals surface area contributed by atoms with Gasteiger partial charge in [-0.2, -0.15) is 0 Å². The summed E-state index contributed by atoms with van der Waals surface area (Å²) in [5, 5.41) is 5.58. The van der Waals surface area contributed by atoms with E-state index in [2.05, 4.69) is 28.3 Å². The molecule has 55 heavy (non-hydrogen) atoms. The largest absolute Gasteiger partial charge is 0.495 e. The van der Waals surface area contributed by atoms with Crippen molar-refractivity contribution in [2.24, 2.45) is 5.92 Å². The van der Waals surface area contributed by atoms with Crippen LogP contribution < -0.4 is 20.1 Å². The van der Waals surface area contributed by atoms with Crippen molar-refractivity contribution in [1.29, 1.82) is 0 Å². The molecular formula is C43H49N5O7. The lowest BCUT2D eigenvalue weighted by molar-refractivity contribution is -0.129. The van der Waals surface area contributed by atoms with Gasteiger partial charge in [-0.05, 0) is 79.8 Å². The summed E-state index contributed by atoms with van der Waals surface area (Å²) in [6, 6.07) is 13.3. The minimum Gasteiger partial charge on any atom is -0.495 e. The molecule has 0 bridgehead atoms. The first-order valence-corrected chi connectivity index (χ1v) is 19.1. The van der Waals surface area contributed by atoms with Crippen LogP contribution in [0.5, 0.6) is 11.5 Å². The van der Waals surface area contributed by atoms with E-state index in [4.69, 9.17) is 9.47 Å². The van der Waals surface area contributed by atoms with E-state index in [0.29, 0.717) is 74.2 Å². The first-order chi connectivity index (χ1) is 26.6. The van der Waals surface area contributed by atoms with Gasteiger partial charge in [0.15, 0.2) is 0 Å². The second-order valence-electron chi connectivity index (χ2n) is 14.5. The number of carbonyl (C=O) groups is 5. The zero-order valence-corrected chi connectivity index (χ0v) is 31.6. The van der Waals surface area contributed by atoms with Gasteiger partial charge in [0, 0.05) is 31.4 Å². The highest BCUT2D eigenvalue weighted by Gasteiger charge is 2.44. The average molecular weight is 748 g/mol. The topological polar surface area (TPSA) is 147 Å². The highest BCUT2D eigenvalue weighted by Crippen LogP contribution is 2.31. The number of nitrogens with zero attached hydrogens (tertiary/aromatic N) is 3. The Kier molecular flexibility index (Phi) is 12.8. The Bertz CT molecular complexity index is 1990. The summed E-state index contributed by atoms with van der Waals surface area (Å²) >= 11 is 0. The highest BCUT2D eigenvalue weighted by molar-refractivity contribution is 6.23.